The zero-order valence-corrected chi connectivity index (χ0v) is 13.9. The van der Waals surface area contributed by atoms with E-state index in [0.29, 0.717) is 6.54 Å². The van der Waals surface area contributed by atoms with Crippen molar-refractivity contribution in [3.05, 3.63) is 0 Å². The largest absolute Gasteiger partial charge is 0.328 e. The smallest absolute Gasteiger partial charge is 0.320 e. The molecule has 2 fully saturated rings. The van der Waals surface area contributed by atoms with E-state index in [0.717, 1.165) is 51.2 Å². The molecule has 2 aliphatic rings. The Morgan fingerprint density at radius 2 is 1.76 bits per heavy atom. The van der Waals surface area contributed by atoms with E-state index in [1.165, 1.54) is 25.7 Å². The van der Waals surface area contributed by atoms with Crippen LogP contribution in [-0.4, -0.2) is 47.5 Å². The van der Waals surface area contributed by atoms with Crippen molar-refractivity contribution in [1.29, 1.82) is 0 Å². The Kier molecular flexibility index (Phi) is 5.91. The van der Waals surface area contributed by atoms with Crippen molar-refractivity contribution in [1.82, 2.24) is 9.80 Å². The number of carbonyl (C=O) groups excluding carboxylic acids is 1. The van der Waals surface area contributed by atoms with Crippen LogP contribution in [0.3, 0.4) is 0 Å². The highest BCUT2D eigenvalue weighted by atomic mass is 16.2. The van der Waals surface area contributed by atoms with Crippen molar-refractivity contribution >= 4 is 6.03 Å². The highest BCUT2D eigenvalue weighted by Gasteiger charge is 2.41. The molecule has 0 aromatic rings. The first-order chi connectivity index (χ1) is 10.1. The number of hydrogen-bond donors (Lipinski definition) is 1. The summed E-state index contributed by atoms with van der Waals surface area (Å²) in [6.07, 6.45) is 9.34. The van der Waals surface area contributed by atoms with Crippen LogP contribution in [0.15, 0.2) is 0 Å². The minimum Gasteiger partial charge on any atom is -0.328 e. The molecule has 1 saturated heterocycles. The van der Waals surface area contributed by atoms with Crippen molar-refractivity contribution in [2.24, 2.45) is 11.7 Å². The minimum atomic E-state index is -0.0926. The molecule has 0 atom stereocenters. The third-order valence-corrected chi connectivity index (χ3v) is 5.58. The molecule has 0 unspecified atom stereocenters. The molecule has 4 nitrogen and oxygen atoms in total. The molecule has 0 aromatic heterocycles. The zero-order valence-electron chi connectivity index (χ0n) is 13.9. The molecular weight excluding hydrogens is 262 g/mol. The van der Waals surface area contributed by atoms with E-state index in [1.54, 1.807) is 0 Å². The molecule has 0 aromatic carbocycles. The lowest BCUT2D eigenvalue weighted by Gasteiger charge is -2.48. The topological polar surface area (TPSA) is 49.6 Å². The molecular formula is C17H33N3O. The number of nitrogens with two attached hydrogens (primary N) is 1. The predicted molar refractivity (Wildman–Crippen MR) is 87.2 cm³/mol. The van der Waals surface area contributed by atoms with Crippen LogP contribution in [0.1, 0.15) is 65.2 Å². The second kappa shape index (κ2) is 7.48. The quantitative estimate of drug-likeness (QED) is 0.869. The molecule has 0 radical (unpaired) electrons. The number of nitrogens with zero attached hydrogens (tertiary/aromatic N) is 2. The molecule has 0 spiro atoms. The number of amides is 2. The van der Waals surface area contributed by atoms with Gasteiger partial charge in [-0.2, -0.15) is 0 Å². The van der Waals surface area contributed by atoms with E-state index in [2.05, 4.69) is 23.6 Å². The van der Waals surface area contributed by atoms with E-state index in [4.69, 9.17) is 5.73 Å². The molecule has 1 aliphatic heterocycles. The van der Waals surface area contributed by atoms with Crippen molar-refractivity contribution in [2.45, 2.75) is 70.8 Å². The van der Waals surface area contributed by atoms with Gasteiger partial charge in [0.1, 0.15) is 0 Å². The summed E-state index contributed by atoms with van der Waals surface area (Å²) in [6.45, 7) is 7.64. The monoisotopic (exact) mass is 295 g/mol. The second-order valence-electron chi connectivity index (χ2n) is 7.04. The minimum absolute atomic E-state index is 0.0926. The van der Waals surface area contributed by atoms with E-state index in [-0.39, 0.29) is 11.6 Å². The fourth-order valence-corrected chi connectivity index (χ4v) is 3.99. The molecule has 1 heterocycles. The van der Waals surface area contributed by atoms with Gasteiger partial charge in [0.25, 0.3) is 0 Å². The highest BCUT2D eigenvalue weighted by Crippen LogP contribution is 2.36. The Morgan fingerprint density at radius 1 is 1.19 bits per heavy atom. The van der Waals surface area contributed by atoms with Gasteiger partial charge in [-0.1, -0.05) is 19.8 Å². The van der Waals surface area contributed by atoms with Crippen molar-refractivity contribution < 1.29 is 4.79 Å². The summed E-state index contributed by atoms with van der Waals surface area (Å²) >= 11 is 0. The van der Waals surface area contributed by atoms with Crippen LogP contribution in [0, 0.1) is 5.92 Å². The molecule has 4 heteroatoms. The van der Waals surface area contributed by atoms with E-state index < -0.39 is 0 Å². The first-order valence-electron chi connectivity index (χ1n) is 8.89. The SMILES string of the molecule is CCN(C(=O)N1CCCCCC1)C1(CN)CCC(C)CC1. The highest BCUT2D eigenvalue weighted by molar-refractivity contribution is 5.75. The first-order valence-corrected chi connectivity index (χ1v) is 8.89. The van der Waals surface area contributed by atoms with Gasteiger partial charge < -0.3 is 15.5 Å². The van der Waals surface area contributed by atoms with Crippen LogP contribution in [0.25, 0.3) is 0 Å². The lowest BCUT2D eigenvalue weighted by Crippen LogP contribution is -2.60. The van der Waals surface area contributed by atoms with Gasteiger partial charge in [0, 0.05) is 26.2 Å². The van der Waals surface area contributed by atoms with Crippen LogP contribution < -0.4 is 5.73 Å². The van der Waals surface area contributed by atoms with Crippen LogP contribution in [0.4, 0.5) is 4.79 Å². The van der Waals surface area contributed by atoms with Gasteiger partial charge in [-0.05, 0) is 51.4 Å². The number of urea groups is 1. The third kappa shape index (κ3) is 3.71. The number of likely N-dealkylation sites (N-methyl/N-ethyl adjacent to an activating group) is 1. The van der Waals surface area contributed by atoms with Gasteiger partial charge in [0.15, 0.2) is 0 Å². The van der Waals surface area contributed by atoms with Gasteiger partial charge >= 0.3 is 6.03 Å². The normalized spacial score (nSPS) is 30.8. The summed E-state index contributed by atoms with van der Waals surface area (Å²) in [5.41, 5.74) is 6.05. The van der Waals surface area contributed by atoms with Gasteiger partial charge in [-0.25, -0.2) is 4.79 Å². The maximum absolute atomic E-state index is 13.0. The van der Waals surface area contributed by atoms with Crippen molar-refractivity contribution in [3.63, 3.8) is 0 Å². The van der Waals surface area contributed by atoms with Crippen molar-refractivity contribution in [3.8, 4) is 0 Å². The number of rotatable bonds is 3. The van der Waals surface area contributed by atoms with Gasteiger partial charge in [-0.15, -0.1) is 0 Å². The Labute approximate surface area is 130 Å². The molecule has 2 amide bonds. The van der Waals surface area contributed by atoms with Gasteiger partial charge in [0.05, 0.1) is 5.54 Å². The van der Waals surface area contributed by atoms with Gasteiger partial charge in [0.2, 0.25) is 0 Å². The molecule has 1 saturated carbocycles. The molecule has 122 valence electrons. The summed E-state index contributed by atoms with van der Waals surface area (Å²) in [6, 6.07) is 0.236. The summed E-state index contributed by atoms with van der Waals surface area (Å²) in [7, 11) is 0. The second-order valence-corrected chi connectivity index (χ2v) is 7.04. The fraction of sp³-hybridized carbons (Fsp3) is 0.941. The van der Waals surface area contributed by atoms with E-state index in [9.17, 15) is 4.79 Å². The maximum Gasteiger partial charge on any atom is 0.320 e. The summed E-state index contributed by atoms with van der Waals surface area (Å²) in [4.78, 5) is 17.2. The molecule has 1 aliphatic carbocycles. The van der Waals surface area contributed by atoms with Crippen molar-refractivity contribution in [2.75, 3.05) is 26.2 Å². The number of hydrogen-bond acceptors (Lipinski definition) is 2. The first kappa shape index (κ1) is 16.6. The van der Waals surface area contributed by atoms with Crippen LogP contribution in [0.2, 0.25) is 0 Å². The van der Waals surface area contributed by atoms with Crippen LogP contribution in [0.5, 0.6) is 0 Å². The predicted octanol–water partition coefficient (Wildman–Crippen LogP) is 3.21. The average Bonchev–Trinajstić information content (AvgIpc) is 2.79. The maximum atomic E-state index is 13.0. The van der Waals surface area contributed by atoms with E-state index >= 15 is 0 Å². The molecule has 2 N–H and O–H groups in total. The van der Waals surface area contributed by atoms with Crippen LogP contribution in [-0.2, 0) is 0 Å². The molecule has 21 heavy (non-hydrogen) atoms. The van der Waals surface area contributed by atoms with E-state index in [1.807, 2.05) is 0 Å². The Hall–Kier alpha value is -0.770. The Balaban J connectivity index is 2.10. The Bertz CT molecular complexity index is 329. The lowest BCUT2D eigenvalue weighted by molar-refractivity contribution is 0.0561. The standard InChI is InChI=1S/C17H33N3O/c1-3-20(16(21)19-12-6-4-5-7-13-19)17(14-18)10-8-15(2)9-11-17/h15H,3-14,18H2,1-2H3. The Morgan fingerprint density at radius 3 is 2.24 bits per heavy atom. The van der Waals surface area contributed by atoms with Gasteiger partial charge in [-0.3, -0.25) is 0 Å². The zero-order chi connectivity index (χ0) is 15.3. The fourth-order valence-electron chi connectivity index (χ4n) is 3.99. The molecule has 2 rings (SSSR count). The summed E-state index contributed by atoms with van der Waals surface area (Å²) < 4.78 is 0. The number of likely N-dealkylation sites (tertiary alicyclic amines) is 1. The molecule has 0 bridgehead atoms. The van der Waals surface area contributed by atoms with Crippen LogP contribution >= 0.6 is 0 Å². The summed E-state index contributed by atoms with van der Waals surface area (Å²) in [5.74, 6) is 0.775. The lowest BCUT2D eigenvalue weighted by atomic mass is 9.76. The number of carbonyl (C=O) groups is 1. The third-order valence-electron chi connectivity index (χ3n) is 5.58. The summed E-state index contributed by atoms with van der Waals surface area (Å²) in [5, 5.41) is 0. The average molecular weight is 295 g/mol.